The highest BCUT2D eigenvalue weighted by Crippen LogP contribution is 2.34. The number of hydrogen-bond donors (Lipinski definition) is 0. The molecule has 2 aromatic carbocycles. The minimum Gasteiger partial charge on any atom is -0.334 e. The van der Waals surface area contributed by atoms with Gasteiger partial charge < -0.3 is 4.52 Å². The maximum atomic E-state index is 13.0. The largest absolute Gasteiger partial charge is 0.334 e. The lowest BCUT2D eigenvalue weighted by molar-refractivity contribution is 0.422. The first kappa shape index (κ1) is 18.4. The number of para-hydroxylation sites is 1. The third kappa shape index (κ3) is 3.45. The van der Waals surface area contributed by atoms with Gasteiger partial charge in [-0.25, -0.2) is 4.98 Å². The summed E-state index contributed by atoms with van der Waals surface area (Å²) in [4.78, 5) is 22.2. The Morgan fingerprint density at radius 2 is 1.68 bits per heavy atom. The number of hydrogen-bond acceptors (Lipinski definition) is 6. The van der Waals surface area contributed by atoms with Crippen LogP contribution >= 0.6 is 11.8 Å². The van der Waals surface area contributed by atoms with Crippen molar-refractivity contribution < 1.29 is 4.52 Å². The van der Waals surface area contributed by atoms with E-state index in [1.54, 1.807) is 4.57 Å². The molecule has 1 atom stereocenters. The Balaban J connectivity index is 1.69. The maximum absolute atomic E-state index is 13.0. The highest BCUT2D eigenvalue weighted by molar-refractivity contribution is 7.99. The van der Waals surface area contributed by atoms with Crippen molar-refractivity contribution in [1.29, 1.82) is 0 Å². The fourth-order valence-electron chi connectivity index (χ4n) is 2.97. The van der Waals surface area contributed by atoms with Crippen LogP contribution in [0.4, 0.5) is 0 Å². The van der Waals surface area contributed by atoms with Crippen LogP contribution in [-0.2, 0) is 0 Å². The molecule has 0 aliphatic heterocycles. The summed E-state index contributed by atoms with van der Waals surface area (Å²) in [6.07, 6.45) is 0. The van der Waals surface area contributed by atoms with E-state index >= 15 is 0 Å². The zero-order chi connectivity index (χ0) is 19.7. The van der Waals surface area contributed by atoms with Crippen LogP contribution in [0.2, 0.25) is 0 Å². The minimum atomic E-state index is -0.126. The van der Waals surface area contributed by atoms with Crippen molar-refractivity contribution in [1.82, 2.24) is 19.7 Å². The number of benzene rings is 2. The molecule has 2 aromatic heterocycles. The van der Waals surface area contributed by atoms with Gasteiger partial charge in [0.1, 0.15) is 0 Å². The minimum absolute atomic E-state index is 0.00976. The molecule has 0 fully saturated rings. The summed E-state index contributed by atoms with van der Waals surface area (Å²) in [6, 6.07) is 17.1. The summed E-state index contributed by atoms with van der Waals surface area (Å²) in [7, 11) is 0. The third-order valence-electron chi connectivity index (χ3n) is 4.40. The zero-order valence-electron chi connectivity index (χ0n) is 15.9. The topological polar surface area (TPSA) is 73.8 Å². The van der Waals surface area contributed by atoms with Crippen molar-refractivity contribution in [2.75, 3.05) is 0 Å². The van der Waals surface area contributed by atoms with Crippen LogP contribution in [0.1, 0.15) is 37.9 Å². The Bertz CT molecular complexity index is 1170. The molecular weight excluding hydrogens is 372 g/mol. The Labute approximate surface area is 166 Å². The lowest BCUT2D eigenvalue weighted by Crippen LogP contribution is -2.25. The number of nitrogens with zero attached hydrogens (tertiary/aromatic N) is 4. The van der Waals surface area contributed by atoms with Crippen LogP contribution in [0, 0.1) is 0 Å². The number of thioether (sulfide) groups is 1. The molecule has 4 aromatic rings. The van der Waals surface area contributed by atoms with Crippen LogP contribution in [0.5, 0.6) is 0 Å². The summed E-state index contributed by atoms with van der Waals surface area (Å²) < 4.78 is 7.14. The van der Waals surface area contributed by atoms with E-state index in [0.29, 0.717) is 27.8 Å². The van der Waals surface area contributed by atoms with Gasteiger partial charge in [-0.05, 0) is 45.0 Å². The maximum Gasteiger partial charge on any atom is 0.262 e. The van der Waals surface area contributed by atoms with Gasteiger partial charge in [-0.2, -0.15) is 4.98 Å². The molecular formula is C21H20N4O2S. The van der Waals surface area contributed by atoms with Gasteiger partial charge in [0, 0.05) is 11.6 Å². The normalized spacial score (nSPS) is 12.6. The van der Waals surface area contributed by atoms with Gasteiger partial charge in [0.05, 0.1) is 16.2 Å². The highest BCUT2D eigenvalue weighted by atomic mass is 32.2. The average molecular weight is 392 g/mol. The fraction of sp³-hybridized carbons (Fsp3) is 0.238. The molecule has 0 aliphatic carbocycles. The Hall–Kier alpha value is -2.93. The van der Waals surface area contributed by atoms with E-state index in [4.69, 9.17) is 9.51 Å². The van der Waals surface area contributed by atoms with Gasteiger partial charge in [-0.1, -0.05) is 47.3 Å². The SMILES string of the molecule is CC(Sc1nc2ccccc2c(=O)n1C(C)C)c1noc(-c2ccccc2)n1. The second-order valence-corrected chi connectivity index (χ2v) is 8.07. The van der Waals surface area contributed by atoms with E-state index in [-0.39, 0.29) is 16.9 Å². The molecule has 0 saturated carbocycles. The van der Waals surface area contributed by atoms with E-state index < -0.39 is 0 Å². The average Bonchev–Trinajstić information content (AvgIpc) is 3.19. The molecule has 0 bridgehead atoms. The lowest BCUT2D eigenvalue weighted by Gasteiger charge is -2.17. The van der Waals surface area contributed by atoms with Gasteiger partial charge in [0.25, 0.3) is 11.4 Å². The highest BCUT2D eigenvalue weighted by Gasteiger charge is 2.21. The van der Waals surface area contributed by atoms with Crippen molar-refractivity contribution in [3.8, 4) is 11.5 Å². The first-order valence-corrected chi connectivity index (χ1v) is 9.99. The first-order chi connectivity index (χ1) is 13.5. The van der Waals surface area contributed by atoms with Gasteiger partial charge in [0.2, 0.25) is 0 Å². The predicted octanol–water partition coefficient (Wildman–Crippen LogP) is 4.88. The fourth-order valence-corrected chi connectivity index (χ4v) is 4.05. The van der Waals surface area contributed by atoms with Crippen LogP contribution in [0.15, 0.2) is 69.1 Å². The molecule has 0 amide bonds. The Morgan fingerprint density at radius 1 is 0.964 bits per heavy atom. The summed E-state index contributed by atoms with van der Waals surface area (Å²) in [5.41, 5.74) is 1.53. The second-order valence-electron chi connectivity index (χ2n) is 6.76. The van der Waals surface area contributed by atoms with Crippen LogP contribution in [-0.4, -0.2) is 19.7 Å². The molecule has 2 heterocycles. The molecule has 0 radical (unpaired) electrons. The van der Waals surface area contributed by atoms with Crippen LogP contribution < -0.4 is 5.56 Å². The molecule has 0 spiro atoms. The Kier molecular flexibility index (Phi) is 5.00. The van der Waals surface area contributed by atoms with E-state index in [2.05, 4.69) is 10.1 Å². The number of fused-ring (bicyclic) bond motifs is 1. The van der Waals surface area contributed by atoms with Crippen molar-refractivity contribution in [2.24, 2.45) is 0 Å². The van der Waals surface area contributed by atoms with Crippen molar-refractivity contribution in [3.63, 3.8) is 0 Å². The molecule has 142 valence electrons. The van der Waals surface area contributed by atoms with Gasteiger partial charge in [-0.3, -0.25) is 9.36 Å². The molecule has 0 saturated heterocycles. The third-order valence-corrected chi connectivity index (χ3v) is 5.46. The predicted molar refractivity (Wildman–Crippen MR) is 110 cm³/mol. The van der Waals surface area contributed by atoms with E-state index in [1.165, 1.54) is 11.8 Å². The van der Waals surface area contributed by atoms with E-state index in [1.807, 2.05) is 75.4 Å². The van der Waals surface area contributed by atoms with Gasteiger partial charge in [0.15, 0.2) is 11.0 Å². The summed E-state index contributed by atoms with van der Waals surface area (Å²) in [5, 5.41) is 5.27. The Morgan fingerprint density at radius 3 is 2.43 bits per heavy atom. The quantitative estimate of drug-likeness (QED) is 0.356. The molecule has 1 unspecified atom stereocenters. The molecule has 6 nitrogen and oxygen atoms in total. The van der Waals surface area contributed by atoms with Crippen molar-refractivity contribution in [3.05, 3.63) is 70.8 Å². The monoisotopic (exact) mass is 392 g/mol. The zero-order valence-corrected chi connectivity index (χ0v) is 16.7. The van der Waals surface area contributed by atoms with Crippen molar-refractivity contribution >= 4 is 22.7 Å². The standard InChI is InChI=1S/C21H20N4O2S/c1-13(2)25-20(26)16-11-7-8-12-17(16)22-21(25)28-14(3)18-23-19(27-24-18)15-9-5-4-6-10-15/h4-14H,1-3H3. The number of aromatic nitrogens is 4. The molecule has 0 aliphatic rings. The summed E-state index contributed by atoms with van der Waals surface area (Å²) in [6.45, 7) is 5.94. The van der Waals surface area contributed by atoms with E-state index in [0.717, 1.165) is 5.56 Å². The molecule has 7 heteroatoms. The molecule has 28 heavy (non-hydrogen) atoms. The van der Waals surface area contributed by atoms with Crippen LogP contribution in [0.3, 0.4) is 0 Å². The molecule has 4 rings (SSSR count). The lowest BCUT2D eigenvalue weighted by atomic mass is 10.2. The van der Waals surface area contributed by atoms with Gasteiger partial charge >= 0.3 is 0 Å². The van der Waals surface area contributed by atoms with Crippen LogP contribution in [0.25, 0.3) is 22.4 Å². The van der Waals surface area contributed by atoms with Gasteiger partial charge in [-0.15, -0.1) is 0 Å². The van der Waals surface area contributed by atoms with E-state index in [9.17, 15) is 4.79 Å². The summed E-state index contributed by atoms with van der Waals surface area (Å²) >= 11 is 1.46. The second kappa shape index (κ2) is 7.59. The smallest absolute Gasteiger partial charge is 0.262 e. The van der Waals surface area contributed by atoms with Crippen molar-refractivity contribution in [2.45, 2.75) is 37.2 Å². The summed E-state index contributed by atoms with van der Waals surface area (Å²) in [5.74, 6) is 1.05. The molecule has 0 N–H and O–H groups in total. The first-order valence-electron chi connectivity index (χ1n) is 9.11. The number of rotatable bonds is 5.